The van der Waals surface area contributed by atoms with E-state index in [9.17, 15) is 19.5 Å². The fraction of sp³-hybridized carbons (Fsp3) is 0.708. The first kappa shape index (κ1) is 17.8. The monoisotopic (exact) mass is 421 g/mol. The standard InChI is InChI=1S/C24H31FO5/c1-13-9-18-17-6-5-15-10-16(27)7-8-23(15,4)24(17,25)20(29)11-22(18,3)21(13)19(28)12-30-14(2)26/h7-8,10,13,17-18,20-21,29H,5-6,9,11-12H2,1-4H3/t13-,17+,18+,20+,21-,22+,23+,24+/m1/s1/i1D3. The summed E-state index contributed by atoms with van der Waals surface area (Å²) >= 11 is 0. The third-order valence-corrected chi connectivity index (χ3v) is 8.46. The maximum atomic E-state index is 17.1. The summed E-state index contributed by atoms with van der Waals surface area (Å²) in [5, 5.41) is 11.3. The van der Waals surface area contributed by atoms with Crippen molar-refractivity contribution in [2.45, 2.75) is 65.1 Å². The highest BCUT2D eigenvalue weighted by molar-refractivity contribution is 6.01. The van der Waals surface area contributed by atoms with Crippen LogP contribution in [0.5, 0.6) is 0 Å². The van der Waals surface area contributed by atoms with Crippen LogP contribution in [0.3, 0.4) is 0 Å². The maximum Gasteiger partial charge on any atom is 0.303 e. The highest BCUT2D eigenvalue weighted by Crippen LogP contribution is 2.69. The molecule has 0 aliphatic heterocycles. The molecule has 8 atom stereocenters. The number of carbonyl (C=O) groups is 3. The van der Waals surface area contributed by atoms with E-state index in [-0.39, 0.29) is 18.6 Å². The van der Waals surface area contributed by atoms with Gasteiger partial charge >= 0.3 is 5.97 Å². The van der Waals surface area contributed by atoms with Crippen LogP contribution in [-0.4, -0.2) is 41.0 Å². The summed E-state index contributed by atoms with van der Waals surface area (Å²) in [6.07, 6.45) is 3.74. The molecular weight excluding hydrogens is 387 g/mol. The SMILES string of the molecule is [2H]C([2H])([2H])[C@@H]1C[C@H]2[C@@H]3CCC4=CC(=O)C=C[C@]4(C)[C@@]3(F)[C@@H](O)C[C@]2(C)[C@H]1C(=O)COC(C)=O. The summed E-state index contributed by atoms with van der Waals surface area (Å²) in [4.78, 5) is 36.4. The first-order chi connectivity index (χ1) is 15.2. The van der Waals surface area contributed by atoms with Crippen molar-refractivity contribution in [3.05, 3.63) is 23.8 Å². The van der Waals surface area contributed by atoms with Gasteiger partial charge < -0.3 is 9.84 Å². The molecule has 0 aromatic carbocycles. The largest absolute Gasteiger partial charge is 0.458 e. The lowest BCUT2D eigenvalue weighted by molar-refractivity contribution is -0.196. The molecule has 6 heteroatoms. The van der Waals surface area contributed by atoms with Gasteiger partial charge in [0.2, 0.25) is 0 Å². The van der Waals surface area contributed by atoms with Gasteiger partial charge in [-0.25, -0.2) is 4.39 Å². The quantitative estimate of drug-likeness (QED) is 0.707. The molecule has 0 amide bonds. The number of alkyl halides is 1. The predicted octanol–water partition coefficient (Wildman–Crippen LogP) is 3.35. The van der Waals surface area contributed by atoms with E-state index in [4.69, 9.17) is 8.85 Å². The zero-order valence-electron chi connectivity index (χ0n) is 20.6. The van der Waals surface area contributed by atoms with Crippen molar-refractivity contribution < 1.29 is 32.7 Å². The number of esters is 1. The molecule has 4 aliphatic carbocycles. The number of fused-ring (bicyclic) bond motifs is 5. The van der Waals surface area contributed by atoms with E-state index in [1.165, 1.54) is 19.1 Å². The van der Waals surface area contributed by atoms with Crippen LogP contribution in [0, 0.1) is 34.5 Å². The Hall–Kier alpha value is -1.82. The van der Waals surface area contributed by atoms with Crippen LogP contribution in [0.25, 0.3) is 0 Å². The lowest BCUT2D eigenvalue weighted by Crippen LogP contribution is -2.66. The Balaban J connectivity index is 1.78. The molecule has 0 heterocycles. The fourth-order valence-electron chi connectivity index (χ4n) is 7.12. The van der Waals surface area contributed by atoms with Crippen molar-refractivity contribution in [2.75, 3.05) is 6.61 Å². The van der Waals surface area contributed by atoms with Gasteiger partial charge in [0.05, 0.1) is 6.10 Å². The van der Waals surface area contributed by atoms with Crippen molar-refractivity contribution in [3.8, 4) is 0 Å². The Morgan fingerprint density at radius 1 is 1.37 bits per heavy atom. The number of ketones is 2. The maximum absolute atomic E-state index is 17.1. The molecule has 3 fully saturated rings. The lowest BCUT2D eigenvalue weighted by atomic mass is 9.45. The zero-order valence-corrected chi connectivity index (χ0v) is 17.6. The van der Waals surface area contributed by atoms with Crippen molar-refractivity contribution in [3.63, 3.8) is 0 Å². The molecule has 0 radical (unpaired) electrons. The number of allylic oxidation sites excluding steroid dienone is 4. The molecule has 4 aliphatic rings. The molecule has 3 saturated carbocycles. The molecule has 0 aromatic rings. The minimum atomic E-state index is -2.46. The molecule has 0 aromatic heterocycles. The highest BCUT2D eigenvalue weighted by Gasteiger charge is 2.71. The lowest BCUT2D eigenvalue weighted by Gasteiger charge is -2.61. The number of halogens is 1. The van der Waals surface area contributed by atoms with E-state index in [1.54, 1.807) is 19.9 Å². The second-order valence-electron chi connectivity index (χ2n) is 9.92. The van der Waals surface area contributed by atoms with Crippen LogP contribution in [-0.2, 0) is 19.1 Å². The van der Waals surface area contributed by atoms with Crippen molar-refractivity contribution >= 4 is 17.5 Å². The second kappa shape index (κ2) is 6.84. The average molecular weight is 422 g/mol. The third kappa shape index (κ3) is 2.72. The van der Waals surface area contributed by atoms with Gasteiger partial charge in [0.15, 0.2) is 17.2 Å². The first-order valence-electron chi connectivity index (χ1n) is 12.1. The van der Waals surface area contributed by atoms with E-state index >= 15 is 4.39 Å². The number of hydrogen-bond acceptors (Lipinski definition) is 5. The second-order valence-corrected chi connectivity index (χ2v) is 9.92. The van der Waals surface area contributed by atoms with Gasteiger partial charge in [-0.05, 0) is 62.0 Å². The smallest absolute Gasteiger partial charge is 0.303 e. The van der Waals surface area contributed by atoms with Gasteiger partial charge in [0.1, 0.15) is 6.61 Å². The number of aliphatic hydroxyl groups excluding tert-OH is 1. The summed E-state index contributed by atoms with van der Waals surface area (Å²) in [6, 6.07) is 0. The Labute approximate surface area is 181 Å². The van der Waals surface area contributed by atoms with Crippen molar-refractivity contribution in [2.24, 2.45) is 34.5 Å². The number of hydrogen-bond donors (Lipinski definition) is 1. The summed E-state index contributed by atoms with van der Waals surface area (Å²) in [5.41, 5.74) is -3.59. The van der Waals surface area contributed by atoms with Crippen LogP contribution in [0.15, 0.2) is 23.8 Å². The number of aliphatic hydroxyl groups is 1. The van der Waals surface area contributed by atoms with Crippen molar-refractivity contribution in [1.29, 1.82) is 0 Å². The van der Waals surface area contributed by atoms with Gasteiger partial charge in [-0.3, -0.25) is 14.4 Å². The Bertz CT molecular complexity index is 958. The van der Waals surface area contributed by atoms with E-state index in [2.05, 4.69) is 0 Å². The first-order valence-corrected chi connectivity index (χ1v) is 10.6. The van der Waals surface area contributed by atoms with Gasteiger partial charge in [-0.2, -0.15) is 0 Å². The number of ether oxygens (including phenoxy) is 1. The van der Waals surface area contributed by atoms with Crippen LogP contribution in [0.1, 0.15) is 57.4 Å². The van der Waals surface area contributed by atoms with Gasteiger partial charge in [-0.15, -0.1) is 0 Å². The molecule has 0 saturated heterocycles. The average Bonchev–Trinajstić information content (AvgIpc) is 3.01. The Morgan fingerprint density at radius 2 is 2.10 bits per heavy atom. The molecule has 5 nitrogen and oxygen atoms in total. The van der Waals surface area contributed by atoms with Gasteiger partial charge in [0.25, 0.3) is 0 Å². The molecule has 0 unspecified atom stereocenters. The van der Waals surface area contributed by atoms with Crippen LogP contribution in [0.4, 0.5) is 4.39 Å². The third-order valence-electron chi connectivity index (χ3n) is 8.46. The van der Waals surface area contributed by atoms with Gasteiger partial charge in [-0.1, -0.05) is 25.4 Å². The molecular formula is C24H31FO5. The molecule has 164 valence electrons. The zero-order chi connectivity index (χ0) is 24.6. The van der Waals surface area contributed by atoms with Crippen LogP contribution in [0.2, 0.25) is 0 Å². The van der Waals surface area contributed by atoms with Crippen molar-refractivity contribution in [1.82, 2.24) is 0 Å². The van der Waals surface area contributed by atoms with Gasteiger partial charge in [0, 0.05) is 28.3 Å². The predicted molar refractivity (Wildman–Crippen MR) is 108 cm³/mol. The Kier molecular flexibility index (Phi) is 4.06. The minimum absolute atomic E-state index is 0.0849. The van der Waals surface area contributed by atoms with E-state index < -0.39 is 71.5 Å². The van der Waals surface area contributed by atoms with E-state index in [1.807, 2.05) is 0 Å². The fourth-order valence-corrected chi connectivity index (χ4v) is 7.12. The molecule has 1 N–H and O–H groups in total. The van der Waals surface area contributed by atoms with E-state index in [0.717, 1.165) is 0 Å². The molecule has 0 bridgehead atoms. The van der Waals surface area contributed by atoms with Crippen LogP contribution < -0.4 is 0 Å². The topological polar surface area (TPSA) is 80.7 Å². The number of carbonyl (C=O) groups excluding carboxylic acids is 3. The molecule has 0 spiro atoms. The molecule has 30 heavy (non-hydrogen) atoms. The summed E-state index contributed by atoms with van der Waals surface area (Å²) in [5.74, 6) is -4.48. The normalized spacial score (nSPS) is 49.0. The molecule has 4 rings (SSSR count). The van der Waals surface area contributed by atoms with E-state index in [0.29, 0.717) is 18.4 Å². The minimum Gasteiger partial charge on any atom is -0.458 e. The summed E-state index contributed by atoms with van der Waals surface area (Å²) in [6.45, 7) is 1.65. The number of Topliss-reactive ketones (excluding diaryl/α,β-unsaturated/α-hetero) is 1. The highest BCUT2D eigenvalue weighted by atomic mass is 19.1. The number of rotatable bonds is 3. The summed E-state index contributed by atoms with van der Waals surface area (Å²) in [7, 11) is 0. The summed E-state index contributed by atoms with van der Waals surface area (Å²) < 4.78 is 46.3. The Morgan fingerprint density at radius 3 is 2.77 bits per heavy atom. The van der Waals surface area contributed by atoms with Crippen LogP contribution >= 0.6 is 0 Å².